The predicted molar refractivity (Wildman–Crippen MR) is 123 cm³/mol. The van der Waals surface area contributed by atoms with E-state index in [1.165, 1.54) is 28.6 Å². The summed E-state index contributed by atoms with van der Waals surface area (Å²) in [7, 11) is 0. The van der Waals surface area contributed by atoms with E-state index < -0.39 is 5.97 Å². The molecule has 158 valence electrons. The molecule has 0 unspecified atom stereocenters. The minimum absolute atomic E-state index is 0.342. The van der Waals surface area contributed by atoms with Crippen LogP contribution in [-0.2, 0) is 13.0 Å². The number of hydrogen-bond donors (Lipinski definition) is 2. The summed E-state index contributed by atoms with van der Waals surface area (Å²) in [4.78, 5) is 21.8. The number of nitrogens with zero attached hydrogens (tertiary/aromatic N) is 2. The van der Waals surface area contributed by atoms with Crippen molar-refractivity contribution in [1.82, 2.24) is 14.9 Å². The highest BCUT2D eigenvalue weighted by molar-refractivity contribution is 9.10. The van der Waals surface area contributed by atoms with Crippen molar-refractivity contribution in [2.75, 3.05) is 13.1 Å². The van der Waals surface area contributed by atoms with Crippen molar-refractivity contribution in [1.29, 1.82) is 0 Å². The SMILES string of the molecule is CCCCc1nccc2c(C3CCN(Cc4cc(C(=O)O)ccc4Br)CC3)c[nH]c12. The molecule has 2 N–H and O–H groups in total. The maximum atomic E-state index is 11.3. The van der Waals surface area contributed by atoms with E-state index >= 15 is 0 Å². The number of aryl methyl sites for hydroxylation is 1. The van der Waals surface area contributed by atoms with E-state index in [9.17, 15) is 9.90 Å². The number of pyridine rings is 1. The van der Waals surface area contributed by atoms with Crippen LogP contribution in [0.5, 0.6) is 0 Å². The molecule has 4 rings (SSSR count). The fourth-order valence-corrected chi connectivity index (χ4v) is 4.85. The molecule has 3 heterocycles. The number of likely N-dealkylation sites (tertiary alicyclic amines) is 1. The molecule has 5 nitrogen and oxygen atoms in total. The molecular formula is C24H28BrN3O2. The average molecular weight is 470 g/mol. The maximum absolute atomic E-state index is 11.3. The van der Waals surface area contributed by atoms with Gasteiger partial charge in [-0.25, -0.2) is 4.79 Å². The van der Waals surface area contributed by atoms with E-state index in [0.717, 1.165) is 55.4 Å². The molecule has 0 amide bonds. The van der Waals surface area contributed by atoms with Crippen LogP contribution in [-0.4, -0.2) is 39.0 Å². The third-order valence-electron chi connectivity index (χ3n) is 6.19. The molecule has 0 bridgehead atoms. The summed E-state index contributed by atoms with van der Waals surface area (Å²) in [5, 5.41) is 10.6. The zero-order valence-electron chi connectivity index (χ0n) is 17.3. The summed E-state index contributed by atoms with van der Waals surface area (Å²) in [6, 6.07) is 7.41. The van der Waals surface area contributed by atoms with Crippen molar-refractivity contribution < 1.29 is 9.90 Å². The van der Waals surface area contributed by atoms with E-state index in [2.05, 4.69) is 50.0 Å². The van der Waals surface area contributed by atoms with E-state index in [0.29, 0.717) is 11.5 Å². The minimum atomic E-state index is -0.880. The Morgan fingerprint density at radius 2 is 2.10 bits per heavy atom. The van der Waals surface area contributed by atoms with Gasteiger partial charge in [0.1, 0.15) is 0 Å². The number of halogens is 1. The molecular weight excluding hydrogens is 442 g/mol. The van der Waals surface area contributed by atoms with Gasteiger partial charge in [0.2, 0.25) is 0 Å². The topological polar surface area (TPSA) is 69.2 Å². The molecule has 0 spiro atoms. The highest BCUT2D eigenvalue weighted by Gasteiger charge is 2.24. The predicted octanol–water partition coefficient (Wildman–Crippen LogP) is 5.75. The van der Waals surface area contributed by atoms with Crippen LogP contribution < -0.4 is 0 Å². The summed E-state index contributed by atoms with van der Waals surface area (Å²) >= 11 is 3.57. The molecule has 0 atom stereocenters. The number of benzene rings is 1. The smallest absolute Gasteiger partial charge is 0.335 e. The summed E-state index contributed by atoms with van der Waals surface area (Å²) in [6.07, 6.45) is 9.72. The number of fused-ring (bicyclic) bond motifs is 1. The van der Waals surface area contributed by atoms with Gasteiger partial charge in [-0.3, -0.25) is 9.88 Å². The fourth-order valence-electron chi connectivity index (χ4n) is 4.48. The summed E-state index contributed by atoms with van der Waals surface area (Å²) in [6.45, 7) is 5.00. The lowest BCUT2D eigenvalue weighted by Crippen LogP contribution is -2.32. The standard InChI is InChI=1S/C24H28BrN3O2/c1-2-3-4-22-23-19(7-10-26-22)20(14-27-23)16-8-11-28(12-9-16)15-18-13-17(24(29)30)5-6-21(18)25/h5-7,10,13-14,16,27H,2-4,8-9,11-12,15H2,1H3,(H,29,30). The van der Waals surface area contributed by atoms with Crippen LogP contribution in [0.3, 0.4) is 0 Å². The van der Waals surface area contributed by atoms with E-state index in [1.54, 1.807) is 12.1 Å². The second-order valence-electron chi connectivity index (χ2n) is 8.19. The molecule has 6 heteroatoms. The fraction of sp³-hybridized carbons (Fsp3) is 0.417. The Hall–Kier alpha value is -2.18. The molecule has 1 aliphatic rings. The van der Waals surface area contributed by atoms with Crippen LogP contribution in [0.1, 0.15) is 65.7 Å². The van der Waals surface area contributed by atoms with Gasteiger partial charge in [0, 0.05) is 28.8 Å². The molecule has 1 saturated heterocycles. The molecule has 2 aromatic heterocycles. The highest BCUT2D eigenvalue weighted by Crippen LogP contribution is 2.34. The highest BCUT2D eigenvalue weighted by atomic mass is 79.9. The second-order valence-corrected chi connectivity index (χ2v) is 9.04. The summed E-state index contributed by atoms with van der Waals surface area (Å²) < 4.78 is 0.971. The van der Waals surface area contributed by atoms with Gasteiger partial charge in [0.25, 0.3) is 0 Å². The number of unbranched alkanes of at least 4 members (excludes halogenated alkanes) is 1. The zero-order chi connectivity index (χ0) is 21.1. The van der Waals surface area contributed by atoms with Gasteiger partial charge in [-0.1, -0.05) is 29.3 Å². The van der Waals surface area contributed by atoms with Crippen molar-refractivity contribution in [3.05, 3.63) is 63.5 Å². The number of nitrogens with one attached hydrogen (secondary N) is 1. The van der Waals surface area contributed by atoms with Crippen LogP contribution in [0.2, 0.25) is 0 Å². The quantitative estimate of drug-likeness (QED) is 0.462. The van der Waals surface area contributed by atoms with E-state index in [4.69, 9.17) is 0 Å². The first-order valence-corrected chi connectivity index (χ1v) is 11.5. The lowest BCUT2D eigenvalue weighted by atomic mass is 9.89. The Bertz CT molecular complexity index is 1040. The van der Waals surface area contributed by atoms with Crippen molar-refractivity contribution in [3.63, 3.8) is 0 Å². The minimum Gasteiger partial charge on any atom is -0.478 e. The lowest BCUT2D eigenvalue weighted by molar-refractivity contribution is 0.0696. The molecule has 30 heavy (non-hydrogen) atoms. The van der Waals surface area contributed by atoms with Gasteiger partial charge in [-0.05, 0) is 80.1 Å². The molecule has 0 saturated carbocycles. The number of rotatable bonds is 7. The number of hydrogen-bond acceptors (Lipinski definition) is 3. The zero-order valence-corrected chi connectivity index (χ0v) is 18.9. The second kappa shape index (κ2) is 9.31. The number of aromatic nitrogens is 2. The third kappa shape index (κ3) is 4.44. The maximum Gasteiger partial charge on any atom is 0.335 e. The van der Waals surface area contributed by atoms with Crippen molar-refractivity contribution >= 4 is 32.8 Å². The number of carboxylic acid groups (broad SMARTS) is 1. The van der Waals surface area contributed by atoms with Crippen molar-refractivity contribution in [3.8, 4) is 0 Å². The first-order valence-electron chi connectivity index (χ1n) is 10.8. The normalized spacial score (nSPS) is 15.7. The Balaban J connectivity index is 1.44. The number of carboxylic acids is 1. The Morgan fingerprint density at radius 1 is 1.30 bits per heavy atom. The Morgan fingerprint density at radius 3 is 2.83 bits per heavy atom. The van der Waals surface area contributed by atoms with Crippen LogP contribution >= 0.6 is 15.9 Å². The number of aromatic amines is 1. The van der Waals surface area contributed by atoms with Gasteiger partial charge in [-0.2, -0.15) is 0 Å². The first kappa shape index (κ1) is 21.1. The Labute approximate surface area is 185 Å². The van der Waals surface area contributed by atoms with Crippen LogP contribution in [0.25, 0.3) is 10.9 Å². The van der Waals surface area contributed by atoms with Crippen molar-refractivity contribution in [2.45, 2.75) is 51.5 Å². The molecule has 0 aliphatic carbocycles. The molecule has 3 aromatic rings. The van der Waals surface area contributed by atoms with Gasteiger partial charge in [-0.15, -0.1) is 0 Å². The monoisotopic (exact) mass is 469 g/mol. The van der Waals surface area contributed by atoms with Crippen molar-refractivity contribution in [2.24, 2.45) is 0 Å². The van der Waals surface area contributed by atoms with Crippen LogP contribution in [0.15, 0.2) is 41.1 Å². The number of piperidine rings is 1. The van der Waals surface area contributed by atoms with E-state index in [-0.39, 0.29) is 0 Å². The van der Waals surface area contributed by atoms with E-state index in [1.807, 2.05) is 12.3 Å². The van der Waals surface area contributed by atoms with Crippen LogP contribution in [0.4, 0.5) is 0 Å². The number of aromatic carboxylic acids is 1. The first-order chi connectivity index (χ1) is 14.6. The summed E-state index contributed by atoms with van der Waals surface area (Å²) in [5.74, 6) is -0.334. The molecule has 1 aliphatic heterocycles. The molecule has 0 radical (unpaired) electrons. The molecule has 1 fully saturated rings. The lowest BCUT2D eigenvalue weighted by Gasteiger charge is -2.32. The van der Waals surface area contributed by atoms with Crippen LogP contribution in [0, 0.1) is 0 Å². The van der Waals surface area contributed by atoms with Gasteiger partial charge >= 0.3 is 5.97 Å². The van der Waals surface area contributed by atoms with Gasteiger partial charge < -0.3 is 10.1 Å². The number of carbonyl (C=O) groups is 1. The Kier molecular flexibility index (Phi) is 6.54. The van der Waals surface area contributed by atoms with Gasteiger partial charge in [0.15, 0.2) is 0 Å². The summed E-state index contributed by atoms with van der Waals surface area (Å²) in [5.41, 5.74) is 5.18. The third-order valence-corrected chi connectivity index (χ3v) is 6.97. The van der Waals surface area contributed by atoms with Gasteiger partial charge in [0.05, 0.1) is 16.8 Å². The average Bonchev–Trinajstić information content (AvgIpc) is 3.19. The largest absolute Gasteiger partial charge is 0.478 e. The molecule has 1 aromatic carbocycles. The number of H-pyrrole nitrogens is 1.